The minimum Gasteiger partial charge on any atom is -0.495 e. The molecule has 0 saturated carbocycles. The highest BCUT2D eigenvalue weighted by atomic mass is 35.5. The molecule has 11 nitrogen and oxygen atoms in total. The maximum Gasteiger partial charge on any atom is 0.243 e. The summed E-state index contributed by atoms with van der Waals surface area (Å²) >= 11 is 13.4. The fourth-order valence-electron chi connectivity index (χ4n) is 4.92. The largest absolute Gasteiger partial charge is 0.495 e. The van der Waals surface area contributed by atoms with E-state index in [1.165, 1.54) is 20.3 Å². The van der Waals surface area contributed by atoms with Crippen LogP contribution >= 0.6 is 23.2 Å². The van der Waals surface area contributed by atoms with E-state index >= 15 is 0 Å². The maximum atomic E-state index is 11.8. The Morgan fingerprint density at radius 3 is 2.52 bits per heavy atom. The van der Waals surface area contributed by atoms with Gasteiger partial charge in [-0.25, -0.2) is 15.0 Å². The number of amides is 1. The number of aliphatic hydroxyl groups is 1. The summed E-state index contributed by atoms with van der Waals surface area (Å²) in [5.74, 6) is 1.38. The number of halogens is 2. The summed E-state index contributed by atoms with van der Waals surface area (Å²) in [6.45, 7) is 6.96. The van der Waals surface area contributed by atoms with Gasteiger partial charge in [-0.1, -0.05) is 29.8 Å². The van der Waals surface area contributed by atoms with Crippen LogP contribution in [-0.2, 0) is 9.53 Å². The van der Waals surface area contributed by atoms with Crippen LogP contribution in [0.3, 0.4) is 0 Å². The molecule has 3 aromatic rings. The molecule has 1 unspecified atom stereocenters. The number of methoxy groups -OCH3 is 2. The number of hydrogen-bond donors (Lipinski definition) is 3. The Hall–Kier alpha value is -3.38. The number of anilines is 2. The highest BCUT2D eigenvalue weighted by Gasteiger charge is 2.34. The molecule has 0 bridgehead atoms. The summed E-state index contributed by atoms with van der Waals surface area (Å²) < 4.78 is 16.5. The van der Waals surface area contributed by atoms with Gasteiger partial charge in [-0.3, -0.25) is 4.79 Å². The molecule has 0 radical (unpaired) electrons. The number of nitrogens with one attached hydrogen (secondary N) is 2. The smallest absolute Gasteiger partial charge is 0.243 e. The Labute approximate surface area is 241 Å². The molecular weight excluding hydrogens is 559 g/mol. The number of carbonyl (C=O) groups excluding carboxylic acids is 1. The van der Waals surface area contributed by atoms with Crippen LogP contribution in [0.1, 0.15) is 13.3 Å². The van der Waals surface area contributed by atoms with Crippen LogP contribution in [0.2, 0.25) is 10.0 Å². The lowest BCUT2D eigenvalue weighted by molar-refractivity contribution is -0.117. The zero-order valence-corrected chi connectivity index (χ0v) is 23.8. The van der Waals surface area contributed by atoms with Crippen LogP contribution in [0.25, 0.3) is 22.2 Å². The summed E-state index contributed by atoms with van der Waals surface area (Å²) in [4.78, 5) is 28.1. The fraction of sp³-hybridized carbons (Fsp3) is 0.407. The van der Waals surface area contributed by atoms with E-state index in [1.54, 1.807) is 25.3 Å². The predicted molar refractivity (Wildman–Crippen MR) is 154 cm³/mol. The number of β-amino-alcohol motifs (C(OH)–C–C–N with tert-alkyl or cyclic N) is 1. The summed E-state index contributed by atoms with van der Waals surface area (Å²) in [5, 5.41) is 18.1. The van der Waals surface area contributed by atoms with E-state index < -0.39 is 5.60 Å². The van der Waals surface area contributed by atoms with Crippen molar-refractivity contribution in [3.8, 4) is 22.8 Å². The molecule has 1 aromatic carbocycles. The van der Waals surface area contributed by atoms with Gasteiger partial charge in [-0.05, 0) is 25.5 Å². The number of ether oxygens (including phenoxy) is 3. The molecule has 212 valence electrons. The van der Waals surface area contributed by atoms with E-state index in [0.717, 1.165) is 0 Å². The minimum absolute atomic E-state index is 0.244. The van der Waals surface area contributed by atoms with Crippen molar-refractivity contribution in [2.45, 2.75) is 31.0 Å². The van der Waals surface area contributed by atoms with Crippen molar-refractivity contribution in [3.63, 3.8) is 0 Å². The number of benzene rings is 1. The molecule has 2 fully saturated rings. The fourth-order valence-corrected chi connectivity index (χ4v) is 5.62. The standard InChI is InChI=1S/C27H30Cl2N6O5/c1-5-20(36)31-16-11-40-12-17(16)33-26-30-10-14-8-15(21-22(28)18(38-3)9-19(39-4)23(21)29)32-25(24(14)34-26)35-7-6-27(2,37)13-35/h5,8-10,16-17,37H,1,6-7,11-13H2,2-4H3,(H,31,36)(H,30,33,34)/t16-,17?,27-/m0/s1. The first-order valence-electron chi connectivity index (χ1n) is 12.7. The monoisotopic (exact) mass is 588 g/mol. The van der Waals surface area contributed by atoms with E-state index in [2.05, 4.69) is 22.2 Å². The van der Waals surface area contributed by atoms with E-state index in [-0.39, 0.29) is 28.0 Å². The van der Waals surface area contributed by atoms with E-state index in [1.807, 2.05) is 4.90 Å². The quantitative estimate of drug-likeness (QED) is 0.336. The summed E-state index contributed by atoms with van der Waals surface area (Å²) in [5.41, 5.74) is 0.609. The molecule has 3 atom stereocenters. The second-order valence-corrected chi connectivity index (χ2v) is 10.8. The molecule has 2 aliphatic rings. The molecule has 2 aliphatic heterocycles. The van der Waals surface area contributed by atoms with Crippen molar-refractivity contribution in [3.05, 3.63) is 41.0 Å². The number of nitrogens with zero attached hydrogens (tertiary/aromatic N) is 4. The molecule has 40 heavy (non-hydrogen) atoms. The van der Waals surface area contributed by atoms with Crippen LogP contribution in [0.4, 0.5) is 11.8 Å². The topological polar surface area (TPSA) is 131 Å². The lowest BCUT2D eigenvalue weighted by Crippen LogP contribution is -2.45. The molecule has 2 saturated heterocycles. The Balaban J connectivity index is 1.60. The van der Waals surface area contributed by atoms with Crippen LogP contribution < -0.4 is 25.0 Å². The van der Waals surface area contributed by atoms with Gasteiger partial charge in [0.25, 0.3) is 0 Å². The van der Waals surface area contributed by atoms with Gasteiger partial charge in [0.05, 0.1) is 60.9 Å². The number of aromatic nitrogens is 3. The van der Waals surface area contributed by atoms with Crippen molar-refractivity contribution in [1.29, 1.82) is 0 Å². The highest BCUT2D eigenvalue weighted by molar-refractivity contribution is 6.41. The zero-order chi connectivity index (χ0) is 28.6. The molecule has 3 N–H and O–H groups in total. The predicted octanol–water partition coefficient (Wildman–Crippen LogP) is 3.46. The lowest BCUT2D eigenvalue weighted by atomic mass is 10.1. The maximum absolute atomic E-state index is 11.8. The van der Waals surface area contributed by atoms with Gasteiger partial charge in [-0.15, -0.1) is 0 Å². The first-order valence-corrected chi connectivity index (χ1v) is 13.4. The second-order valence-electron chi connectivity index (χ2n) is 10.0. The van der Waals surface area contributed by atoms with Gasteiger partial charge >= 0.3 is 0 Å². The molecule has 0 spiro atoms. The summed E-state index contributed by atoms with van der Waals surface area (Å²) in [6, 6.07) is 2.90. The van der Waals surface area contributed by atoms with Crippen LogP contribution in [0.5, 0.6) is 11.5 Å². The number of carbonyl (C=O) groups is 1. The van der Waals surface area contributed by atoms with Gasteiger partial charge in [0.1, 0.15) is 17.0 Å². The summed E-state index contributed by atoms with van der Waals surface area (Å²) in [7, 11) is 3.02. The molecular formula is C27H30Cl2N6O5. The van der Waals surface area contributed by atoms with Crippen LogP contribution in [-0.4, -0.2) is 84.2 Å². The first-order chi connectivity index (χ1) is 19.1. The number of rotatable bonds is 8. The Bertz CT molecular complexity index is 1440. The van der Waals surface area contributed by atoms with Gasteiger partial charge < -0.3 is 34.9 Å². The molecule has 5 rings (SSSR count). The first kappa shape index (κ1) is 28.2. The van der Waals surface area contributed by atoms with Gasteiger partial charge in [0, 0.05) is 36.3 Å². The lowest BCUT2D eigenvalue weighted by Gasteiger charge is -2.23. The third kappa shape index (κ3) is 5.46. The van der Waals surface area contributed by atoms with Crippen molar-refractivity contribution < 1.29 is 24.1 Å². The SMILES string of the molecule is C=CC(=O)N[C@H]1COCC1Nc1ncc2cc(-c3c(Cl)c(OC)cc(OC)c3Cl)nc(N3CC[C@](C)(O)C3)c2n1. The third-order valence-corrected chi connectivity index (χ3v) is 7.79. The molecule has 0 aliphatic carbocycles. The number of fused-ring (bicyclic) bond motifs is 1. The van der Waals surface area contributed by atoms with Gasteiger partial charge in [0.15, 0.2) is 5.82 Å². The molecule has 4 heterocycles. The van der Waals surface area contributed by atoms with E-state index in [9.17, 15) is 9.90 Å². The molecule has 2 aromatic heterocycles. The zero-order valence-electron chi connectivity index (χ0n) is 22.3. The normalized spacial score (nSPS) is 22.4. The molecule has 13 heteroatoms. The second kappa shape index (κ2) is 11.2. The van der Waals surface area contributed by atoms with Crippen LogP contribution in [0, 0.1) is 0 Å². The van der Waals surface area contributed by atoms with Crippen molar-refractivity contribution in [2.75, 3.05) is 50.7 Å². The minimum atomic E-state index is -0.885. The average molecular weight is 589 g/mol. The van der Waals surface area contributed by atoms with Crippen molar-refractivity contribution in [2.24, 2.45) is 0 Å². The Kier molecular flexibility index (Phi) is 7.92. The number of pyridine rings is 1. The van der Waals surface area contributed by atoms with Crippen molar-refractivity contribution in [1.82, 2.24) is 20.3 Å². The van der Waals surface area contributed by atoms with E-state index in [0.29, 0.717) is 78.1 Å². The van der Waals surface area contributed by atoms with Crippen molar-refractivity contribution >= 4 is 51.8 Å². The number of hydrogen-bond acceptors (Lipinski definition) is 10. The van der Waals surface area contributed by atoms with Crippen LogP contribution in [0.15, 0.2) is 31.0 Å². The summed E-state index contributed by atoms with van der Waals surface area (Å²) in [6.07, 6.45) is 3.47. The van der Waals surface area contributed by atoms with Gasteiger partial charge in [0.2, 0.25) is 11.9 Å². The molecule has 1 amide bonds. The van der Waals surface area contributed by atoms with Gasteiger partial charge in [-0.2, -0.15) is 0 Å². The average Bonchev–Trinajstić information content (AvgIpc) is 3.53. The van der Waals surface area contributed by atoms with E-state index in [4.69, 9.17) is 47.4 Å². The highest BCUT2D eigenvalue weighted by Crippen LogP contribution is 2.46. The third-order valence-electron chi connectivity index (χ3n) is 7.04. The Morgan fingerprint density at radius 2 is 1.90 bits per heavy atom. The Morgan fingerprint density at radius 1 is 1.20 bits per heavy atom.